The Hall–Kier alpha value is -0.860. The minimum absolute atomic E-state index is 0. The molecule has 2 atom stereocenters. The molecule has 0 radical (unpaired) electrons. The van der Waals surface area contributed by atoms with Crippen molar-refractivity contribution in [2.75, 3.05) is 40.3 Å². The molecule has 0 amide bonds. The van der Waals surface area contributed by atoms with Crippen molar-refractivity contribution in [3.8, 4) is 0 Å². The molecule has 1 aliphatic carbocycles. The first-order chi connectivity index (χ1) is 11.6. The van der Waals surface area contributed by atoms with Crippen LogP contribution in [0.1, 0.15) is 24.5 Å². The van der Waals surface area contributed by atoms with Gasteiger partial charge >= 0.3 is 0 Å². The molecule has 1 aromatic carbocycles. The van der Waals surface area contributed by atoms with Gasteiger partial charge in [0.05, 0.1) is 0 Å². The Bertz CT molecular complexity index is 551. The van der Waals surface area contributed by atoms with Crippen molar-refractivity contribution < 1.29 is 0 Å². The van der Waals surface area contributed by atoms with Gasteiger partial charge in [-0.2, -0.15) is 0 Å². The summed E-state index contributed by atoms with van der Waals surface area (Å²) >= 11 is 0. The normalized spacial score (nSPS) is 24.5. The second-order valence-corrected chi connectivity index (χ2v) is 7.29. The Morgan fingerprint density at radius 2 is 1.72 bits per heavy atom. The molecule has 2 N–H and O–H groups in total. The molecule has 1 aliphatic heterocycles. The summed E-state index contributed by atoms with van der Waals surface area (Å²) in [7, 11) is 4.03. The van der Waals surface area contributed by atoms with Crippen molar-refractivity contribution in [2.45, 2.75) is 32.5 Å². The Labute approximate surface area is 169 Å². The van der Waals surface area contributed by atoms with Gasteiger partial charge in [0.1, 0.15) is 0 Å². The van der Waals surface area contributed by atoms with Gasteiger partial charge in [0.2, 0.25) is 0 Å². The van der Waals surface area contributed by atoms with Crippen molar-refractivity contribution in [2.24, 2.45) is 10.9 Å². The van der Waals surface area contributed by atoms with E-state index in [1.807, 2.05) is 7.05 Å². The third kappa shape index (κ3) is 6.42. The van der Waals surface area contributed by atoms with E-state index in [9.17, 15) is 0 Å². The molecule has 6 heteroatoms. The molecular weight excluding hydrogens is 425 g/mol. The molecule has 1 saturated carbocycles. The van der Waals surface area contributed by atoms with Crippen LogP contribution in [0.25, 0.3) is 0 Å². The number of hydrogen-bond donors (Lipinski definition) is 2. The molecule has 2 unspecified atom stereocenters. The fourth-order valence-electron chi connectivity index (χ4n) is 3.11. The summed E-state index contributed by atoms with van der Waals surface area (Å²) in [5.41, 5.74) is 2.70. The summed E-state index contributed by atoms with van der Waals surface area (Å²) in [6, 6.07) is 9.57. The van der Waals surface area contributed by atoms with E-state index >= 15 is 0 Å². The third-order valence-electron chi connectivity index (χ3n) is 5.14. The predicted octanol–water partition coefficient (Wildman–Crippen LogP) is 2.13. The molecule has 0 spiro atoms. The van der Waals surface area contributed by atoms with Crippen LogP contribution in [-0.4, -0.2) is 62.1 Å². The van der Waals surface area contributed by atoms with Crippen molar-refractivity contribution in [1.29, 1.82) is 0 Å². The lowest BCUT2D eigenvalue weighted by atomic mass is 10.1. The standard InChI is InChI=1S/C19H31N5.HI/c1-15-12-18(15)22-19(20-2)21-13-16-4-6-17(7-5-16)14-24-10-8-23(3)9-11-24;/h4-7,15,18H,8-14H2,1-3H3,(H2,20,21,22);1H. The van der Waals surface area contributed by atoms with Crippen molar-refractivity contribution >= 4 is 29.9 Å². The van der Waals surface area contributed by atoms with E-state index in [2.05, 4.69) is 63.7 Å². The van der Waals surface area contributed by atoms with Gasteiger partial charge in [0, 0.05) is 52.4 Å². The van der Waals surface area contributed by atoms with E-state index in [1.54, 1.807) is 0 Å². The van der Waals surface area contributed by atoms with Gasteiger partial charge in [-0.15, -0.1) is 24.0 Å². The zero-order valence-corrected chi connectivity index (χ0v) is 18.0. The SMILES string of the molecule is CN=C(NCc1ccc(CN2CCN(C)CC2)cc1)NC1CC1C.I. The summed E-state index contributed by atoms with van der Waals surface area (Å²) in [5.74, 6) is 1.68. The predicted molar refractivity (Wildman–Crippen MR) is 116 cm³/mol. The van der Waals surface area contributed by atoms with Crippen molar-refractivity contribution in [3.63, 3.8) is 0 Å². The van der Waals surface area contributed by atoms with Crippen LogP contribution in [0.5, 0.6) is 0 Å². The van der Waals surface area contributed by atoms with Gasteiger partial charge in [0.15, 0.2) is 5.96 Å². The van der Waals surface area contributed by atoms with E-state index < -0.39 is 0 Å². The summed E-state index contributed by atoms with van der Waals surface area (Å²) in [5, 5.41) is 6.86. The monoisotopic (exact) mass is 457 g/mol. The molecule has 140 valence electrons. The number of rotatable bonds is 5. The van der Waals surface area contributed by atoms with Gasteiger partial charge < -0.3 is 15.5 Å². The summed E-state index contributed by atoms with van der Waals surface area (Å²) in [6.45, 7) is 8.83. The minimum atomic E-state index is 0. The van der Waals surface area contributed by atoms with Crippen LogP contribution >= 0.6 is 24.0 Å². The molecule has 2 aliphatic rings. The van der Waals surface area contributed by atoms with E-state index in [4.69, 9.17) is 0 Å². The minimum Gasteiger partial charge on any atom is -0.353 e. The molecule has 1 heterocycles. The van der Waals surface area contributed by atoms with Crippen LogP contribution < -0.4 is 10.6 Å². The molecule has 3 rings (SSSR count). The van der Waals surface area contributed by atoms with Crippen molar-refractivity contribution in [1.82, 2.24) is 20.4 Å². The van der Waals surface area contributed by atoms with E-state index in [-0.39, 0.29) is 24.0 Å². The lowest BCUT2D eigenvalue weighted by Gasteiger charge is -2.32. The third-order valence-corrected chi connectivity index (χ3v) is 5.14. The number of likely N-dealkylation sites (N-methyl/N-ethyl adjacent to an activating group) is 1. The van der Waals surface area contributed by atoms with Crippen LogP contribution in [0.2, 0.25) is 0 Å². The van der Waals surface area contributed by atoms with Crippen LogP contribution in [0.4, 0.5) is 0 Å². The molecule has 2 fully saturated rings. The molecule has 0 bridgehead atoms. The van der Waals surface area contributed by atoms with Crippen LogP contribution in [-0.2, 0) is 13.1 Å². The lowest BCUT2D eigenvalue weighted by molar-refractivity contribution is 0.148. The first-order valence-corrected chi connectivity index (χ1v) is 9.10. The first kappa shape index (κ1) is 20.5. The average Bonchev–Trinajstić information content (AvgIpc) is 3.30. The van der Waals surface area contributed by atoms with Gasteiger partial charge in [0.25, 0.3) is 0 Å². The highest BCUT2D eigenvalue weighted by molar-refractivity contribution is 14.0. The van der Waals surface area contributed by atoms with E-state index in [0.29, 0.717) is 6.04 Å². The smallest absolute Gasteiger partial charge is 0.191 e. The number of piperazine rings is 1. The average molecular weight is 457 g/mol. The van der Waals surface area contributed by atoms with E-state index in [0.717, 1.165) is 25.0 Å². The highest BCUT2D eigenvalue weighted by Gasteiger charge is 2.33. The van der Waals surface area contributed by atoms with Gasteiger partial charge in [-0.05, 0) is 30.5 Å². The maximum atomic E-state index is 4.30. The fraction of sp³-hybridized carbons (Fsp3) is 0.632. The fourth-order valence-corrected chi connectivity index (χ4v) is 3.11. The topological polar surface area (TPSA) is 42.9 Å². The molecule has 0 aromatic heterocycles. The number of halogens is 1. The number of guanidine groups is 1. The Kier molecular flexibility index (Phi) is 7.96. The first-order valence-electron chi connectivity index (χ1n) is 9.10. The van der Waals surface area contributed by atoms with E-state index in [1.165, 1.54) is 43.7 Å². The second kappa shape index (κ2) is 9.73. The molecule has 25 heavy (non-hydrogen) atoms. The highest BCUT2D eigenvalue weighted by Crippen LogP contribution is 2.28. The van der Waals surface area contributed by atoms with Crippen molar-refractivity contribution in [3.05, 3.63) is 35.4 Å². The number of nitrogens with one attached hydrogen (secondary N) is 2. The van der Waals surface area contributed by atoms with Gasteiger partial charge in [-0.25, -0.2) is 0 Å². The molecular formula is C19H32IN5. The molecule has 1 aromatic rings. The number of aliphatic imine (C=N–C) groups is 1. The molecule has 1 saturated heterocycles. The molecule has 5 nitrogen and oxygen atoms in total. The quantitative estimate of drug-likeness (QED) is 0.404. The number of benzene rings is 1. The second-order valence-electron chi connectivity index (χ2n) is 7.29. The van der Waals surface area contributed by atoms with Crippen LogP contribution in [0.3, 0.4) is 0 Å². The highest BCUT2D eigenvalue weighted by atomic mass is 127. The Morgan fingerprint density at radius 1 is 1.12 bits per heavy atom. The number of nitrogens with zero attached hydrogens (tertiary/aromatic N) is 3. The number of hydrogen-bond acceptors (Lipinski definition) is 3. The maximum Gasteiger partial charge on any atom is 0.191 e. The van der Waals surface area contributed by atoms with Crippen LogP contribution in [0, 0.1) is 5.92 Å². The summed E-state index contributed by atoms with van der Waals surface area (Å²) in [6.07, 6.45) is 1.25. The zero-order valence-electron chi connectivity index (χ0n) is 15.7. The van der Waals surface area contributed by atoms with Crippen LogP contribution in [0.15, 0.2) is 29.3 Å². The summed E-state index contributed by atoms with van der Waals surface area (Å²) < 4.78 is 0. The summed E-state index contributed by atoms with van der Waals surface area (Å²) in [4.78, 5) is 9.24. The maximum absolute atomic E-state index is 4.30. The zero-order chi connectivity index (χ0) is 16.9. The van der Waals surface area contributed by atoms with Gasteiger partial charge in [-0.3, -0.25) is 9.89 Å². The Morgan fingerprint density at radius 3 is 2.28 bits per heavy atom. The Balaban J connectivity index is 0.00000225. The largest absolute Gasteiger partial charge is 0.353 e. The van der Waals surface area contributed by atoms with Gasteiger partial charge in [-0.1, -0.05) is 31.2 Å². The lowest BCUT2D eigenvalue weighted by Crippen LogP contribution is -2.43.